The highest BCUT2D eigenvalue weighted by Crippen LogP contribution is 2.25. The monoisotopic (exact) mass is 279 g/mol. The summed E-state index contributed by atoms with van der Waals surface area (Å²) in [5.74, 6) is 1.80. The van der Waals surface area contributed by atoms with Crippen LogP contribution in [0.5, 0.6) is 11.5 Å². The van der Waals surface area contributed by atoms with Gasteiger partial charge in [-0.1, -0.05) is 0 Å². The second-order valence-corrected chi connectivity index (χ2v) is 5.08. The summed E-state index contributed by atoms with van der Waals surface area (Å²) in [5.41, 5.74) is 6.78. The van der Waals surface area contributed by atoms with Gasteiger partial charge in [0.1, 0.15) is 11.5 Å². The van der Waals surface area contributed by atoms with E-state index in [-0.39, 0.29) is 0 Å². The Morgan fingerprint density at radius 2 is 1.75 bits per heavy atom. The fraction of sp³-hybridized carbons (Fsp3) is 0.600. The summed E-state index contributed by atoms with van der Waals surface area (Å²) in [6.45, 7) is 6.95. The van der Waals surface area contributed by atoms with Crippen LogP contribution >= 0.6 is 0 Å². The minimum atomic E-state index is 0.740. The third kappa shape index (κ3) is 3.85. The summed E-state index contributed by atoms with van der Waals surface area (Å²) in [4.78, 5) is 4.86. The Morgan fingerprint density at radius 3 is 2.35 bits per heavy atom. The molecule has 0 radical (unpaired) electrons. The fourth-order valence-electron chi connectivity index (χ4n) is 2.60. The average molecular weight is 279 g/mol. The lowest BCUT2D eigenvalue weighted by molar-refractivity contribution is 0.129. The van der Waals surface area contributed by atoms with Gasteiger partial charge < -0.3 is 15.2 Å². The van der Waals surface area contributed by atoms with E-state index in [0.717, 1.165) is 57.3 Å². The maximum atomic E-state index is 5.60. The number of nitrogens with two attached hydrogens (primary N) is 1. The van der Waals surface area contributed by atoms with Crippen LogP contribution in [-0.2, 0) is 6.54 Å². The molecular weight excluding hydrogens is 254 g/mol. The van der Waals surface area contributed by atoms with Crippen molar-refractivity contribution in [2.24, 2.45) is 5.73 Å². The van der Waals surface area contributed by atoms with Crippen LogP contribution in [0.15, 0.2) is 18.2 Å². The molecule has 0 spiro atoms. The van der Waals surface area contributed by atoms with E-state index in [9.17, 15) is 0 Å². The van der Waals surface area contributed by atoms with Crippen LogP contribution < -0.4 is 15.2 Å². The number of benzene rings is 1. The van der Waals surface area contributed by atoms with Gasteiger partial charge in [-0.25, -0.2) is 0 Å². The summed E-state index contributed by atoms with van der Waals surface area (Å²) in [5, 5.41) is 0. The van der Waals surface area contributed by atoms with E-state index in [1.807, 2.05) is 12.1 Å². The first-order chi connectivity index (χ1) is 9.76. The average Bonchev–Trinajstić information content (AvgIpc) is 2.49. The van der Waals surface area contributed by atoms with Gasteiger partial charge in [0, 0.05) is 51.4 Å². The van der Waals surface area contributed by atoms with E-state index >= 15 is 0 Å². The van der Waals surface area contributed by atoms with Crippen molar-refractivity contribution >= 4 is 0 Å². The van der Waals surface area contributed by atoms with E-state index in [1.54, 1.807) is 14.2 Å². The zero-order valence-electron chi connectivity index (χ0n) is 12.5. The van der Waals surface area contributed by atoms with E-state index in [1.165, 1.54) is 5.56 Å². The van der Waals surface area contributed by atoms with Crippen LogP contribution in [0.1, 0.15) is 5.56 Å². The lowest BCUT2D eigenvalue weighted by Crippen LogP contribution is -2.47. The number of methoxy groups -OCH3 is 2. The highest BCUT2D eigenvalue weighted by Gasteiger charge is 2.17. The van der Waals surface area contributed by atoms with Gasteiger partial charge in [-0.15, -0.1) is 0 Å². The van der Waals surface area contributed by atoms with Crippen molar-refractivity contribution < 1.29 is 9.47 Å². The minimum Gasteiger partial charge on any atom is -0.497 e. The van der Waals surface area contributed by atoms with E-state index in [4.69, 9.17) is 15.2 Å². The number of piperazine rings is 1. The molecule has 5 heteroatoms. The van der Waals surface area contributed by atoms with E-state index < -0.39 is 0 Å². The molecule has 1 aromatic rings. The molecule has 0 aliphatic carbocycles. The number of ether oxygens (including phenoxy) is 2. The van der Waals surface area contributed by atoms with Gasteiger partial charge in [0.05, 0.1) is 14.2 Å². The molecule has 0 amide bonds. The van der Waals surface area contributed by atoms with Crippen molar-refractivity contribution in [3.8, 4) is 11.5 Å². The quantitative estimate of drug-likeness (QED) is 0.834. The Labute approximate surface area is 121 Å². The van der Waals surface area contributed by atoms with Crippen LogP contribution in [0, 0.1) is 0 Å². The second-order valence-electron chi connectivity index (χ2n) is 5.08. The van der Waals surface area contributed by atoms with Crippen LogP contribution in [-0.4, -0.2) is 63.3 Å². The topological polar surface area (TPSA) is 51.0 Å². The molecule has 5 nitrogen and oxygen atoms in total. The Hall–Kier alpha value is -1.30. The molecule has 1 aliphatic heterocycles. The largest absolute Gasteiger partial charge is 0.497 e. The normalized spacial score (nSPS) is 17.1. The van der Waals surface area contributed by atoms with E-state index in [2.05, 4.69) is 15.9 Å². The Kier molecular flexibility index (Phi) is 5.64. The SMILES string of the molecule is COc1ccc(OC)c(CN2CCN(CCN)CC2)c1. The Bertz CT molecular complexity index is 418. The predicted molar refractivity (Wildman–Crippen MR) is 80.3 cm³/mol. The molecule has 2 N–H and O–H groups in total. The first-order valence-electron chi connectivity index (χ1n) is 7.12. The maximum absolute atomic E-state index is 5.60. The zero-order valence-corrected chi connectivity index (χ0v) is 12.5. The van der Waals surface area contributed by atoms with Crippen molar-refractivity contribution in [2.75, 3.05) is 53.5 Å². The Balaban J connectivity index is 1.96. The summed E-state index contributed by atoms with van der Waals surface area (Å²) < 4.78 is 10.7. The Morgan fingerprint density at radius 1 is 1.05 bits per heavy atom. The smallest absolute Gasteiger partial charge is 0.123 e. The van der Waals surface area contributed by atoms with Gasteiger partial charge >= 0.3 is 0 Å². The molecular formula is C15H25N3O2. The minimum absolute atomic E-state index is 0.740. The molecule has 0 saturated carbocycles. The van der Waals surface area contributed by atoms with Gasteiger partial charge in [-0.05, 0) is 18.2 Å². The zero-order chi connectivity index (χ0) is 14.4. The molecule has 0 atom stereocenters. The van der Waals surface area contributed by atoms with E-state index in [0.29, 0.717) is 0 Å². The van der Waals surface area contributed by atoms with Crippen LogP contribution in [0.4, 0.5) is 0 Å². The van der Waals surface area contributed by atoms with Crippen LogP contribution in [0.3, 0.4) is 0 Å². The number of hydrogen-bond donors (Lipinski definition) is 1. The summed E-state index contributed by atoms with van der Waals surface area (Å²) >= 11 is 0. The predicted octanol–water partition coefficient (Wildman–Crippen LogP) is 0.780. The molecule has 20 heavy (non-hydrogen) atoms. The maximum Gasteiger partial charge on any atom is 0.123 e. The highest BCUT2D eigenvalue weighted by molar-refractivity contribution is 5.40. The third-order valence-electron chi connectivity index (χ3n) is 3.79. The molecule has 0 bridgehead atoms. The van der Waals surface area contributed by atoms with Crippen molar-refractivity contribution in [3.63, 3.8) is 0 Å². The summed E-state index contributed by atoms with van der Waals surface area (Å²) in [7, 11) is 3.40. The highest BCUT2D eigenvalue weighted by atomic mass is 16.5. The summed E-state index contributed by atoms with van der Waals surface area (Å²) in [6.07, 6.45) is 0. The number of nitrogens with zero attached hydrogens (tertiary/aromatic N) is 2. The van der Waals surface area contributed by atoms with Crippen molar-refractivity contribution in [1.82, 2.24) is 9.80 Å². The van der Waals surface area contributed by atoms with Gasteiger partial charge in [0.15, 0.2) is 0 Å². The molecule has 1 aliphatic rings. The first kappa shape index (κ1) is 15.1. The van der Waals surface area contributed by atoms with Gasteiger partial charge in [-0.3, -0.25) is 9.80 Å². The molecule has 2 rings (SSSR count). The van der Waals surface area contributed by atoms with Crippen molar-refractivity contribution in [2.45, 2.75) is 6.54 Å². The molecule has 112 valence electrons. The number of hydrogen-bond acceptors (Lipinski definition) is 5. The number of rotatable bonds is 6. The molecule has 0 aromatic heterocycles. The summed E-state index contributed by atoms with van der Waals surface area (Å²) in [6, 6.07) is 5.96. The molecule has 1 heterocycles. The van der Waals surface area contributed by atoms with Gasteiger partial charge in [-0.2, -0.15) is 0 Å². The van der Waals surface area contributed by atoms with Gasteiger partial charge in [0.25, 0.3) is 0 Å². The second kappa shape index (κ2) is 7.47. The van der Waals surface area contributed by atoms with Crippen molar-refractivity contribution in [1.29, 1.82) is 0 Å². The molecule has 1 saturated heterocycles. The lowest BCUT2D eigenvalue weighted by Gasteiger charge is -2.34. The van der Waals surface area contributed by atoms with Crippen LogP contribution in [0.2, 0.25) is 0 Å². The van der Waals surface area contributed by atoms with Crippen molar-refractivity contribution in [3.05, 3.63) is 23.8 Å². The molecule has 1 fully saturated rings. The molecule has 0 unspecified atom stereocenters. The first-order valence-corrected chi connectivity index (χ1v) is 7.12. The third-order valence-corrected chi connectivity index (χ3v) is 3.79. The standard InChI is InChI=1S/C15H25N3O2/c1-19-14-3-4-15(20-2)13(11-14)12-18-9-7-17(6-5-16)8-10-18/h3-4,11H,5-10,12,16H2,1-2H3. The van der Waals surface area contributed by atoms with Crippen LogP contribution in [0.25, 0.3) is 0 Å². The lowest BCUT2D eigenvalue weighted by atomic mass is 10.1. The van der Waals surface area contributed by atoms with Gasteiger partial charge in [0.2, 0.25) is 0 Å². The fourth-order valence-corrected chi connectivity index (χ4v) is 2.60. The molecule has 1 aromatic carbocycles.